The van der Waals surface area contributed by atoms with E-state index < -0.39 is 5.97 Å². The molecule has 0 saturated carbocycles. The van der Waals surface area contributed by atoms with Crippen LogP contribution in [0.15, 0.2) is 53.0 Å². The predicted molar refractivity (Wildman–Crippen MR) is 96.9 cm³/mol. The monoisotopic (exact) mass is 390 g/mol. The minimum Gasteiger partial charge on any atom is -0.465 e. The molecule has 0 aliphatic carbocycles. The van der Waals surface area contributed by atoms with Crippen LogP contribution < -0.4 is 5.32 Å². The van der Waals surface area contributed by atoms with Gasteiger partial charge in [0.1, 0.15) is 0 Å². The highest BCUT2D eigenvalue weighted by molar-refractivity contribution is 9.10. The fourth-order valence-electron chi connectivity index (χ4n) is 2.26. The lowest BCUT2D eigenvalue weighted by molar-refractivity contribution is -0.117. The summed E-state index contributed by atoms with van der Waals surface area (Å²) in [6.45, 7) is 0.890. The summed E-state index contributed by atoms with van der Waals surface area (Å²) >= 11 is 3.50. The van der Waals surface area contributed by atoms with E-state index in [9.17, 15) is 9.59 Å². The molecule has 126 valence electrons. The molecule has 0 spiro atoms. The Balaban J connectivity index is 1.93. The highest BCUT2D eigenvalue weighted by Crippen LogP contribution is 2.17. The van der Waals surface area contributed by atoms with Gasteiger partial charge in [-0.3, -0.25) is 9.69 Å². The maximum absolute atomic E-state index is 12.2. The lowest BCUT2D eigenvalue weighted by atomic mass is 10.2. The summed E-state index contributed by atoms with van der Waals surface area (Å²) in [6, 6.07) is 14.6. The summed E-state index contributed by atoms with van der Waals surface area (Å²) in [5.74, 6) is -0.580. The van der Waals surface area contributed by atoms with Crippen molar-refractivity contribution in [3.05, 3.63) is 64.1 Å². The number of nitrogens with zero attached hydrogens (tertiary/aromatic N) is 1. The SMILES string of the molecule is COC(=O)c1cccc(NC(=O)CN(C)Cc2ccccc2Br)c1. The molecular formula is C18H19BrN2O3. The van der Waals surface area contributed by atoms with Crippen LogP contribution in [-0.2, 0) is 16.1 Å². The van der Waals surface area contributed by atoms with Crippen LogP contribution in [0.4, 0.5) is 5.69 Å². The average Bonchev–Trinajstić information content (AvgIpc) is 2.56. The van der Waals surface area contributed by atoms with Crippen LogP contribution in [0.25, 0.3) is 0 Å². The van der Waals surface area contributed by atoms with E-state index in [2.05, 4.69) is 26.0 Å². The zero-order valence-corrected chi connectivity index (χ0v) is 15.2. The number of carbonyl (C=O) groups is 2. The average molecular weight is 391 g/mol. The first-order valence-electron chi connectivity index (χ1n) is 7.40. The van der Waals surface area contributed by atoms with Gasteiger partial charge in [-0.1, -0.05) is 40.2 Å². The minimum atomic E-state index is -0.433. The van der Waals surface area contributed by atoms with Gasteiger partial charge in [-0.2, -0.15) is 0 Å². The number of nitrogens with one attached hydrogen (secondary N) is 1. The second-order valence-corrected chi connectivity index (χ2v) is 6.24. The smallest absolute Gasteiger partial charge is 0.337 e. The number of rotatable bonds is 6. The lowest BCUT2D eigenvalue weighted by Gasteiger charge is -2.17. The van der Waals surface area contributed by atoms with Gasteiger partial charge in [0.05, 0.1) is 19.2 Å². The molecule has 2 rings (SSSR count). The fourth-order valence-corrected chi connectivity index (χ4v) is 2.67. The molecule has 0 atom stereocenters. The Morgan fingerprint density at radius 3 is 2.62 bits per heavy atom. The molecule has 0 bridgehead atoms. The van der Waals surface area contributed by atoms with Gasteiger partial charge in [-0.05, 0) is 36.9 Å². The van der Waals surface area contributed by atoms with Crippen molar-refractivity contribution in [1.29, 1.82) is 0 Å². The molecule has 0 aliphatic rings. The summed E-state index contributed by atoms with van der Waals surface area (Å²) in [6.07, 6.45) is 0. The number of benzene rings is 2. The third-order valence-electron chi connectivity index (χ3n) is 3.38. The molecule has 6 heteroatoms. The molecule has 0 fully saturated rings. The van der Waals surface area contributed by atoms with Crippen LogP contribution in [0.5, 0.6) is 0 Å². The van der Waals surface area contributed by atoms with Crippen LogP contribution in [0.2, 0.25) is 0 Å². The summed E-state index contributed by atoms with van der Waals surface area (Å²) in [4.78, 5) is 25.6. The number of ether oxygens (including phenoxy) is 1. The van der Waals surface area contributed by atoms with Gasteiger partial charge in [0.2, 0.25) is 5.91 Å². The highest BCUT2D eigenvalue weighted by Gasteiger charge is 2.11. The Morgan fingerprint density at radius 2 is 1.92 bits per heavy atom. The van der Waals surface area contributed by atoms with E-state index in [0.29, 0.717) is 17.8 Å². The molecule has 24 heavy (non-hydrogen) atoms. The Hall–Kier alpha value is -2.18. The number of amides is 1. The molecule has 1 amide bonds. The zero-order valence-electron chi connectivity index (χ0n) is 13.6. The van der Waals surface area contributed by atoms with Crippen molar-refractivity contribution in [2.24, 2.45) is 0 Å². The first-order valence-corrected chi connectivity index (χ1v) is 8.19. The zero-order chi connectivity index (χ0) is 17.5. The van der Waals surface area contributed by atoms with Crippen molar-refractivity contribution < 1.29 is 14.3 Å². The highest BCUT2D eigenvalue weighted by atomic mass is 79.9. The number of esters is 1. The molecule has 0 aliphatic heterocycles. The van der Waals surface area contributed by atoms with Crippen LogP contribution in [0.3, 0.4) is 0 Å². The maximum Gasteiger partial charge on any atom is 0.337 e. The van der Waals surface area contributed by atoms with Crippen LogP contribution in [0, 0.1) is 0 Å². The molecular weight excluding hydrogens is 372 g/mol. The van der Waals surface area contributed by atoms with Gasteiger partial charge in [0.15, 0.2) is 0 Å². The molecule has 0 saturated heterocycles. The molecule has 0 aromatic heterocycles. The predicted octanol–water partition coefficient (Wildman–Crippen LogP) is 3.31. The van der Waals surface area contributed by atoms with Gasteiger partial charge in [0.25, 0.3) is 0 Å². The van der Waals surface area contributed by atoms with Crippen LogP contribution in [-0.4, -0.2) is 37.5 Å². The summed E-state index contributed by atoms with van der Waals surface area (Å²) in [5, 5.41) is 2.79. The summed E-state index contributed by atoms with van der Waals surface area (Å²) in [7, 11) is 3.20. The number of likely N-dealkylation sites (N-methyl/N-ethyl adjacent to an activating group) is 1. The number of anilines is 1. The third-order valence-corrected chi connectivity index (χ3v) is 4.15. The number of hydrogen-bond donors (Lipinski definition) is 1. The van der Waals surface area contributed by atoms with E-state index in [0.717, 1.165) is 10.0 Å². The summed E-state index contributed by atoms with van der Waals surface area (Å²) < 4.78 is 5.69. The summed E-state index contributed by atoms with van der Waals surface area (Å²) in [5.41, 5.74) is 2.08. The second kappa shape index (κ2) is 8.61. The first kappa shape index (κ1) is 18.2. The van der Waals surface area contributed by atoms with E-state index >= 15 is 0 Å². The minimum absolute atomic E-state index is 0.147. The van der Waals surface area contributed by atoms with E-state index in [-0.39, 0.29) is 12.5 Å². The Bertz CT molecular complexity index is 734. The van der Waals surface area contributed by atoms with Gasteiger partial charge >= 0.3 is 5.97 Å². The van der Waals surface area contributed by atoms with Crippen molar-refractivity contribution in [2.45, 2.75) is 6.54 Å². The Labute approximate surface area is 149 Å². The number of carbonyl (C=O) groups excluding carboxylic acids is 2. The molecule has 2 aromatic rings. The topological polar surface area (TPSA) is 58.6 Å². The molecule has 2 aromatic carbocycles. The maximum atomic E-state index is 12.2. The van der Waals surface area contributed by atoms with E-state index in [1.165, 1.54) is 7.11 Å². The van der Waals surface area contributed by atoms with Gasteiger partial charge in [-0.25, -0.2) is 4.79 Å². The van der Waals surface area contributed by atoms with Crippen molar-refractivity contribution in [3.63, 3.8) is 0 Å². The van der Waals surface area contributed by atoms with Gasteiger partial charge in [-0.15, -0.1) is 0 Å². The quantitative estimate of drug-likeness (QED) is 0.768. The van der Waals surface area contributed by atoms with Crippen LogP contribution in [0.1, 0.15) is 15.9 Å². The van der Waals surface area contributed by atoms with Crippen molar-refractivity contribution in [1.82, 2.24) is 4.90 Å². The molecule has 0 heterocycles. The Morgan fingerprint density at radius 1 is 1.17 bits per heavy atom. The van der Waals surface area contributed by atoms with E-state index in [1.807, 2.05) is 36.2 Å². The number of methoxy groups -OCH3 is 1. The second-order valence-electron chi connectivity index (χ2n) is 5.38. The van der Waals surface area contributed by atoms with Crippen molar-refractivity contribution in [3.8, 4) is 0 Å². The standard InChI is InChI=1S/C18H19BrN2O3/c1-21(11-14-6-3-4-9-16(14)19)12-17(22)20-15-8-5-7-13(10-15)18(23)24-2/h3-10H,11-12H2,1-2H3,(H,20,22). The largest absolute Gasteiger partial charge is 0.465 e. The van der Waals surface area contributed by atoms with E-state index in [4.69, 9.17) is 0 Å². The first-order chi connectivity index (χ1) is 11.5. The Kier molecular flexibility index (Phi) is 6.52. The third kappa shape index (κ3) is 5.18. The normalized spacial score (nSPS) is 10.5. The van der Waals surface area contributed by atoms with Crippen molar-refractivity contribution in [2.75, 3.05) is 26.0 Å². The lowest BCUT2D eigenvalue weighted by Crippen LogP contribution is -2.30. The molecule has 5 nitrogen and oxygen atoms in total. The molecule has 0 unspecified atom stereocenters. The molecule has 1 N–H and O–H groups in total. The van der Waals surface area contributed by atoms with Gasteiger partial charge < -0.3 is 10.1 Å². The van der Waals surface area contributed by atoms with Gasteiger partial charge in [0, 0.05) is 16.7 Å². The fraction of sp³-hybridized carbons (Fsp3) is 0.222. The number of halogens is 1. The van der Waals surface area contributed by atoms with E-state index in [1.54, 1.807) is 24.3 Å². The molecule has 0 radical (unpaired) electrons. The van der Waals surface area contributed by atoms with Crippen molar-refractivity contribution >= 4 is 33.5 Å². The number of hydrogen-bond acceptors (Lipinski definition) is 4. The van der Waals surface area contributed by atoms with Crippen LogP contribution >= 0.6 is 15.9 Å².